The highest BCUT2D eigenvalue weighted by atomic mass is 35.5. The van der Waals surface area contributed by atoms with E-state index < -0.39 is 0 Å². The minimum atomic E-state index is 0.00101. The minimum Gasteiger partial charge on any atom is -0.396 e. The van der Waals surface area contributed by atoms with Crippen molar-refractivity contribution in [1.29, 1.82) is 0 Å². The van der Waals surface area contributed by atoms with E-state index in [2.05, 4.69) is 10.2 Å². The first kappa shape index (κ1) is 16.4. The predicted octanol–water partition coefficient (Wildman–Crippen LogP) is 2.33. The maximum Gasteiger partial charge on any atom is 0.317 e. The Labute approximate surface area is 142 Å². The molecule has 2 saturated heterocycles. The average Bonchev–Trinajstić information content (AvgIpc) is 3.03. The van der Waals surface area contributed by atoms with E-state index in [0.29, 0.717) is 6.54 Å². The van der Waals surface area contributed by atoms with Crippen molar-refractivity contribution in [1.82, 2.24) is 10.2 Å². The lowest BCUT2D eigenvalue weighted by atomic mass is 9.99. The van der Waals surface area contributed by atoms with Gasteiger partial charge in [0.15, 0.2) is 0 Å². The van der Waals surface area contributed by atoms with Gasteiger partial charge >= 0.3 is 6.03 Å². The van der Waals surface area contributed by atoms with Gasteiger partial charge < -0.3 is 20.2 Å². The number of aliphatic hydroxyl groups excluding tert-OH is 1. The number of amides is 2. The van der Waals surface area contributed by atoms with Crippen LogP contribution >= 0.6 is 11.6 Å². The predicted molar refractivity (Wildman–Crippen MR) is 92.0 cm³/mol. The van der Waals surface area contributed by atoms with Crippen molar-refractivity contribution >= 4 is 23.3 Å². The Morgan fingerprint density at radius 1 is 1.30 bits per heavy atom. The zero-order valence-corrected chi connectivity index (χ0v) is 14.0. The fourth-order valence-electron chi connectivity index (χ4n) is 3.45. The van der Waals surface area contributed by atoms with Crippen LogP contribution in [0.1, 0.15) is 19.3 Å². The molecule has 0 bridgehead atoms. The molecule has 5 nitrogen and oxygen atoms in total. The number of halogens is 1. The summed E-state index contributed by atoms with van der Waals surface area (Å²) in [6.07, 6.45) is 2.92. The highest BCUT2D eigenvalue weighted by molar-refractivity contribution is 6.30. The number of anilines is 1. The maximum atomic E-state index is 12.4. The quantitative estimate of drug-likeness (QED) is 0.890. The summed E-state index contributed by atoms with van der Waals surface area (Å²) in [5.74, 6) is 0.223. The lowest BCUT2D eigenvalue weighted by molar-refractivity contribution is 0.128. The van der Waals surface area contributed by atoms with Gasteiger partial charge in [0.2, 0.25) is 0 Å². The van der Waals surface area contributed by atoms with E-state index in [1.54, 1.807) is 0 Å². The largest absolute Gasteiger partial charge is 0.396 e. The van der Waals surface area contributed by atoms with Gasteiger partial charge in [-0.3, -0.25) is 0 Å². The second kappa shape index (κ2) is 7.41. The van der Waals surface area contributed by atoms with Gasteiger partial charge in [0.1, 0.15) is 0 Å². The van der Waals surface area contributed by atoms with E-state index >= 15 is 0 Å². The molecule has 126 valence electrons. The number of benzene rings is 1. The fourth-order valence-corrected chi connectivity index (χ4v) is 3.63. The third kappa shape index (κ3) is 4.09. The second-order valence-corrected chi connectivity index (χ2v) is 6.93. The first-order chi connectivity index (χ1) is 11.2. The molecule has 1 aromatic rings. The molecule has 0 radical (unpaired) electrons. The smallest absolute Gasteiger partial charge is 0.317 e. The maximum absolute atomic E-state index is 12.4. The van der Waals surface area contributed by atoms with Crippen LogP contribution in [0, 0.1) is 5.92 Å². The van der Waals surface area contributed by atoms with Gasteiger partial charge in [0, 0.05) is 49.5 Å². The number of rotatable bonds is 3. The SMILES string of the molecule is O=C(NC1CCN(c2cccc(Cl)c2)C1)N1CCCC(CO)C1. The summed E-state index contributed by atoms with van der Waals surface area (Å²) in [5, 5.41) is 13.2. The van der Waals surface area contributed by atoms with Crippen LogP contribution in [-0.2, 0) is 0 Å². The molecule has 2 amide bonds. The van der Waals surface area contributed by atoms with Crippen molar-refractivity contribution in [3.8, 4) is 0 Å². The number of carbonyl (C=O) groups excluding carboxylic acids is 1. The van der Waals surface area contributed by atoms with Crippen LogP contribution in [0.5, 0.6) is 0 Å². The molecule has 0 aliphatic carbocycles. The van der Waals surface area contributed by atoms with Gasteiger partial charge in [-0.25, -0.2) is 4.79 Å². The first-order valence-electron chi connectivity index (χ1n) is 8.32. The molecule has 2 unspecified atom stereocenters. The first-order valence-corrected chi connectivity index (χ1v) is 8.70. The molecular weight excluding hydrogens is 314 g/mol. The van der Waals surface area contributed by atoms with Crippen molar-refractivity contribution in [3.63, 3.8) is 0 Å². The summed E-state index contributed by atoms with van der Waals surface area (Å²) < 4.78 is 0. The summed E-state index contributed by atoms with van der Waals surface area (Å²) in [6, 6.07) is 7.99. The molecular formula is C17H24ClN3O2. The minimum absolute atomic E-state index is 0.00101. The third-order valence-corrected chi connectivity index (χ3v) is 4.99. The Bertz CT molecular complexity index is 554. The van der Waals surface area contributed by atoms with Crippen molar-refractivity contribution in [2.45, 2.75) is 25.3 Å². The lowest BCUT2D eigenvalue weighted by Crippen LogP contribution is -2.49. The monoisotopic (exact) mass is 337 g/mol. The molecule has 2 N–H and O–H groups in total. The number of hydrogen-bond donors (Lipinski definition) is 2. The summed E-state index contributed by atoms with van der Waals surface area (Å²) >= 11 is 6.05. The van der Waals surface area contributed by atoms with Gasteiger partial charge in [0.25, 0.3) is 0 Å². The molecule has 0 saturated carbocycles. The van der Waals surface area contributed by atoms with Gasteiger partial charge in [0.05, 0.1) is 0 Å². The van der Waals surface area contributed by atoms with Crippen molar-refractivity contribution in [2.24, 2.45) is 5.92 Å². The molecule has 2 fully saturated rings. The molecule has 2 heterocycles. The second-order valence-electron chi connectivity index (χ2n) is 6.50. The van der Waals surface area contributed by atoms with E-state index in [0.717, 1.165) is 49.6 Å². The number of urea groups is 1. The number of piperidine rings is 1. The number of carbonyl (C=O) groups is 1. The standard InChI is InChI=1S/C17H24ClN3O2/c18-14-4-1-5-16(9-14)20-8-6-15(11-20)19-17(23)21-7-2-3-13(10-21)12-22/h1,4-5,9,13,15,22H,2-3,6-8,10-12H2,(H,19,23). The average molecular weight is 338 g/mol. The number of aliphatic hydroxyl groups is 1. The normalized spacial score (nSPS) is 24.8. The molecule has 6 heteroatoms. The number of nitrogens with one attached hydrogen (secondary N) is 1. The topological polar surface area (TPSA) is 55.8 Å². The Balaban J connectivity index is 1.52. The summed E-state index contributed by atoms with van der Waals surface area (Å²) in [6.45, 7) is 3.34. The molecule has 0 aromatic heterocycles. The molecule has 2 aliphatic heterocycles. The van der Waals surface area contributed by atoms with E-state index in [9.17, 15) is 9.90 Å². The zero-order chi connectivity index (χ0) is 16.2. The van der Waals surface area contributed by atoms with Crippen LogP contribution in [-0.4, -0.2) is 54.9 Å². The molecule has 3 rings (SSSR count). The van der Waals surface area contributed by atoms with Crippen molar-refractivity contribution < 1.29 is 9.90 Å². The van der Waals surface area contributed by atoms with Crippen LogP contribution in [0.2, 0.25) is 5.02 Å². The summed E-state index contributed by atoms with van der Waals surface area (Å²) in [7, 11) is 0. The van der Waals surface area contributed by atoms with E-state index in [1.807, 2.05) is 29.2 Å². The molecule has 2 atom stereocenters. The number of nitrogens with zero attached hydrogens (tertiary/aromatic N) is 2. The number of hydrogen-bond acceptors (Lipinski definition) is 3. The van der Waals surface area contributed by atoms with Crippen LogP contribution < -0.4 is 10.2 Å². The highest BCUT2D eigenvalue weighted by Gasteiger charge is 2.28. The number of likely N-dealkylation sites (tertiary alicyclic amines) is 1. The summed E-state index contributed by atoms with van der Waals surface area (Å²) in [5.41, 5.74) is 1.10. The molecule has 1 aromatic carbocycles. The molecule has 0 spiro atoms. The lowest BCUT2D eigenvalue weighted by Gasteiger charge is -2.32. The van der Waals surface area contributed by atoms with Crippen LogP contribution in [0.15, 0.2) is 24.3 Å². The Kier molecular flexibility index (Phi) is 5.28. The Morgan fingerprint density at radius 3 is 2.96 bits per heavy atom. The van der Waals surface area contributed by atoms with Crippen LogP contribution in [0.25, 0.3) is 0 Å². The third-order valence-electron chi connectivity index (χ3n) is 4.75. The van der Waals surface area contributed by atoms with Gasteiger partial charge in [-0.15, -0.1) is 0 Å². The van der Waals surface area contributed by atoms with Crippen molar-refractivity contribution in [2.75, 3.05) is 37.7 Å². The van der Waals surface area contributed by atoms with Crippen LogP contribution in [0.3, 0.4) is 0 Å². The summed E-state index contributed by atoms with van der Waals surface area (Å²) in [4.78, 5) is 16.5. The van der Waals surface area contributed by atoms with E-state index in [-0.39, 0.29) is 24.6 Å². The molecule has 23 heavy (non-hydrogen) atoms. The van der Waals surface area contributed by atoms with Crippen LogP contribution in [0.4, 0.5) is 10.5 Å². The highest BCUT2D eigenvalue weighted by Crippen LogP contribution is 2.24. The van der Waals surface area contributed by atoms with E-state index in [4.69, 9.17) is 11.6 Å². The Morgan fingerprint density at radius 2 is 2.17 bits per heavy atom. The fraction of sp³-hybridized carbons (Fsp3) is 0.588. The Hall–Kier alpha value is -1.46. The van der Waals surface area contributed by atoms with E-state index in [1.165, 1.54) is 0 Å². The van der Waals surface area contributed by atoms with Gasteiger partial charge in [-0.2, -0.15) is 0 Å². The molecule has 2 aliphatic rings. The van der Waals surface area contributed by atoms with Gasteiger partial charge in [-0.05, 0) is 43.4 Å². The van der Waals surface area contributed by atoms with Crippen molar-refractivity contribution in [3.05, 3.63) is 29.3 Å². The zero-order valence-electron chi connectivity index (χ0n) is 13.2. The van der Waals surface area contributed by atoms with Gasteiger partial charge in [-0.1, -0.05) is 17.7 Å².